The van der Waals surface area contributed by atoms with Gasteiger partial charge < -0.3 is 19.7 Å². The Balaban J connectivity index is 1.87. The molecule has 0 unspecified atom stereocenters. The zero-order chi connectivity index (χ0) is 18.9. The van der Waals surface area contributed by atoms with Crippen LogP contribution >= 0.6 is 0 Å². The van der Waals surface area contributed by atoms with Crippen LogP contribution in [0.1, 0.15) is 12.5 Å². The van der Waals surface area contributed by atoms with E-state index >= 15 is 0 Å². The normalized spacial score (nSPS) is 10.1. The largest absolute Gasteiger partial charge is 0.497 e. The number of carbonyl (C=O) groups is 2. The lowest BCUT2D eigenvalue weighted by atomic mass is 10.2. The van der Waals surface area contributed by atoms with Crippen LogP contribution in [0.15, 0.2) is 48.5 Å². The Hall–Kier alpha value is -3.02. The number of aryl methyl sites for hydroxylation is 1. The predicted molar refractivity (Wildman–Crippen MR) is 101 cm³/mol. The van der Waals surface area contributed by atoms with Crippen LogP contribution in [0.4, 0.5) is 5.69 Å². The number of rotatable bonds is 8. The molecule has 2 aromatic rings. The lowest BCUT2D eigenvalue weighted by molar-refractivity contribution is -0.136. The zero-order valence-electron chi connectivity index (χ0n) is 15.3. The van der Waals surface area contributed by atoms with Gasteiger partial charge in [0.25, 0.3) is 5.91 Å². The lowest BCUT2D eigenvalue weighted by Crippen LogP contribution is -2.40. The summed E-state index contributed by atoms with van der Waals surface area (Å²) >= 11 is 0. The third-order valence-corrected chi connectivity index (χ3v) is 3.81. The average molecular weight is 356 g/mol. The van der Waals surface area contributed by atoms with Gasteiger partial charge in [-0.1, -0.05) is 23.8 Å². The van der Waals surface area contributed by atoms with E-state index in [0.29, 0.717) is 23.7 Å². The van der Waals surface area contributed by atoms with Gasteiger partial charge in [0, 0.05) is 18.3 Å². The monoisotopic (exact) mass is 356 g/mol. The van der Waals surface area contributed by atoms with E-state index in [4.69, 9.17) is 9.47 Å². The number of hydrogen-bond acceptors (Lipinski definition) is 4. The summed E-state index contributed by atoms with van der Waals surface area (Å²) in [6, 6.07) is 14.5. The number of nitrogens with zero attached hydrogens (tertiary/aromatic N) is 1. The zero-order valence-corrected chi connectivity index (χ0v) is 15.3. The van der Waals surface area contributed by atoms with Gasteiger partial charge in [-0.3, -0.25) is 9.59 Å². The minimum absolute atomic E-state index is 0.0379. The molecule has 138 valence electrons. The maximum Gasteiger partial charge on any atom is 0.260 e. The number of amides is 2. The van der Waals surface area contributed by atoms with E-state index in [1.807, 2.05) is 38.1 Å². The van der Waals surface area contributed by atoms with Crippen molar-refractivity contribution >= 4 is 17.5 Å². The molecule has 0 radical (unpaired) electrons. The first-order valence-corrected chi connectivity index (χ1v) is 8.43. The third kappa shape index (κ3) is 5.81. The molecule has 6 heteroatoms. The highest BCUT2D eigenvalue weighted by Gasteiger charge is 2.16. The van der Waals surface area contributed by atoms with Gasteiger partial charge in [0.15, 0.2) is 6.61 Å². The van der Waals surface area contributed by atoms with Crippen molar-refractivity contribution in [1.29, 1.82) is 0 Å². The number of ether oxygens (including phenoxy) is 2. The summed E-state index contributed by atoms with van der Waals surface area (Å²) in [5, 5.41) is 2.76. The number of anilines is 1. The summed E-state index contributed by atoms with van der Waals surface area (Å²) in [5.41, 5.74) is 1.74. The summed E-state index contributed by atoms with van der Waals surface area (Å²) in [6.07, 6.45) is 0. The quantitative estimate of drug-likeness (QED) is 0.790. The van der Waals surface area contributed by atoms with Crippen LogP contribution in [0.25, 0.3) is 0 Å². The molecule has 0 aliphatic rings. The smallest absolute Gasteiger partial charge is 0.260 e. The Morgan fingerprint density at radius 1 is 1.08 bits per heavy atom. The van der Waals surface area contributed by atoms with Crippen molar-refractivity contribution in [3.8, 4) is 11.5 Å². The van der Waals surface area contributed by atoms with Crippen LogP contribution < -0.4 is 14.8 Å². The van der Waals surface area contributed by atoms with Crippen molar-refractivity contribution in [1.82, 2.24) is 4.90 Å². The van der Waals surface area contributed by atoms with Crippen LogP contribution in [-0.4, -0.2) is 43.5 Å². The summed E-state index contributed by atoms with van der Waals surface area (Å²) in [7, 11) is 1.56. The molecular formula is C20H24N2O4. The van der Waals surface area contributed by atoms with E-state index in [1.54, 1.807) is 31.4 Å². The molecule has 26 heavy (non-hydrogen) atoms. The van der Waals surface area contributed by atoms with Gasteiger partial charge in [-0.15, -0.1) is 0 Å². The van der Waals surface area contributed by atoms with E-state index in [1.165, 1.54) is 4.90 Å². The first-order valence-electron chi connectivity index (χ1n) is 8.43. The van der Waals surface area contributed by atoms with Gasteiger partial charge in [0.1, 0.15) is 11.5 Å². The SMILES string of the molecule is CCN(CC(=O)Nc1cccc(OC)c1)C(=O)COc1ccc(C)cc1. The van der Waals surface area contributed by atoms with E-state index in [9.17, 15) is 9.59 Å². The fraction of sp³-hybridized carbons (Fsp3) is 0.300. The van der Waals surface area contributed by atoms with E-state index in [-0.39, 0.29) is 25.0 Å². The molecule has 0 aromatic heterocycles. The molecular weight excluding hydrogens is 332 g/mol. The number of nitrogens with one attached hydrogen (secondary N) is 1. The highest BCUT2D eigenvalue weighted by molar-refractivity contribution is 5.94. The fourth-order valence-corrected chi connectivity index (χ4v) is 2.32. The summed E-state index contributed by atoms with van der Waals surface area (Å²) in [5.74, 6) is 0.760. The highest BCUT2D eigenvalue weighted by atomic mass is 16.5. The maximum atomic E-state index is 12.3. The maximum absolute atomic E-state index is 12.3. The van der Waals surface area contributed by atoms with Gasteiger partial charge in [-0.2, -0.15) is 0 Å². The van der Waals surface area contributed by atoms with Crippen molar-refractivity contribution in [2.75, 3.05) is 32.1 Å². The molecule has 1 N–H and O–H groups in total. The molecule has 0 bridgehead atoms. The molecule has 6 nitrogen and oxygen atoms in total. The predicted octanol–water partition coefficient (Wildman–Crippen LogP) is 2.87. The molecule has 0 spiro atoms. The minimum Gasteiger partial charge on any atom is -0.497 e. The molecule has 2 rings (SSSR count). The molecule has 0 fully saturated rings. The Morgan fingerprint density at radius 2 is 1.81 bits per heavy atom. The summed E-state index contributed by atoms with van der Waals surface area (Å²) in [6.45, 7) is 4.08. The second kappa shape index (κ2) is 9.46. The van der Waals surface area contributed by atoms with Gasteiger partial charge in [0.2, 0.25) is 5.91 Å². The van der Waals surface area contributed by atoms with Gasteiger partial charge in [-0.25, -0.2) is 0 Å². The molecule has 0 saturated heterocycles. The van der Waals surface area contributed by atoms with E-state index < -0.39 is 0 Å². The average Bonchev–Trinajstić information content (AvgIpc) is 2.65. The van der Waals surface area contributed by atoms with Gasteiger partial charge >= 0.3 is 0 Å². The van der Waals surface area contributed by atoms with Crippen molar-refractivity contribution in [3.63, 3.8) is 0 Å². The Labute approximate surface area is 153 Å². The molecule has 2 aromatic carbocycles. The van der Waals surface area contributed by atoms with Crippen LogP contribution in [0, 0.1) is 6.92 Å². The van der Waals surface area contributed by atoms with E-state index in [0.717, 1.165) is 5.56 Å². The summed E-state index contributed by atoms with van der Waals surface area (Å²) < 4.78 is 10.6. The number of hydrogen-bond donors (Lipinski definition) is 1. The number of methoxy groups -OCH3 is 1. The molecule has 0 aliphatic heterocycles. The molecule has 0 heterocycles. The van der Waals surface area contributed by atoms with Crippen molar-refractivity contribution in [2.45, 2.75) is 13.8 Å². The Morgan fingerprint density at radius 3 is 2.46 bits per heavy atom. The van der Waals surface area contributed by atoms with Crippen molar-refractivity contribution < 1.29 is 19.1 Å². The van der Waals surface area contributed by atoms with Crippen LogP contribution in [0.5, 0.6) is 11.5 Å². The van der Waals surface area contributed by atoms with Crippen LogP contribution in [-0.2, 0) is 9.59 Å². The third-order valence-electron chi connectivity index (χ3n) is 3.81. The standard InChI is InChI=1S/C20H24N2O4/c1-4-22(20(24)14-26-17-10-8-15(2)9-11-17)13-19(23)21-16-6-5-7-18(12-16)25-3/h5-12H,4,13-14H2,1-3H3,(H,21,23). The topological polar surface area (TPSA) is 67.9 Å². The molecule has 2 amide bonds. The van der Waals surface area contributed by atoms with Gasteiger partial charge in [-0.05, 0) is 38.1 Å². The van der Waals surface area contributed by atoms with Crippen LogP contribution in [0.2, 0.25) is 0 Å². The first-order chi connectivity index (χ1) is 12.5. The fourth-order valence-electron chi connectivity index (χ4n) is 2.32. The second-order valence-electron chi connectivity index (χ2n) is 5.79. The highest BCUT2D eigenvalue weighted by Crippen LogP contribution is 2.16. The van der Waals surface area contributed by atoms with Crippen molar-refractivity contribution in [2.24, 2.45) is 0 Å². The lowest BCUT2D eigenvalue weighted by Gasteiger charge is -2.20. The second-order valence-corrected chi connectivity index (χ2v) is 5.79. The summed E-state index contributed by atoms with van der Waals surface area (Å²) in [4.78, 5) is 26.0. The molecule has 0 aliphatic carbocycles. The Kier molecular flexibility index (Phi) is 7.02. The van der Waals surface area contributed by atoms with E-state index in [2.05, 4.69) is 5.32 Å². The molecule has 0 atom stereocenters. The number of likely N-dealkylation sites (N-methyl/N-ethyl adjacent to an activating group) is 1. The number of carbonyl (C=O) groups excluding carboxylic acids is 2. The molecule has 0 saturated carbocycles. The minimum atomic E-state index is -0.274. The van der Waals surface area contributed by atoms with Crippen molar-refractivity contribution in [3.05, 3.63) is 54.1 Å². The van der Waals surface area contributed by atoms with Crippen LogP contribution in [0.3, 0.4) is 0 Å². The Bertz CT molecular complexity index is 744. The first kappa shape index (κ1) is 19.3. The number of benzene rings is 2. The van der Waals surface area contributed by atoms with Gasteiger partial charge in [0.05, 0.1) is 13.7 Å².